The van der Waals surface area contributed by atoms with Crippen molar-refractivity contribution in [1.29, 1.82) is 0 Å². The molecule has 2 aliphatic rings. The second-order valence-corrected chi connectivity index (χ2v) is 7.27. The molecule has 3 heterocycles. The van der Waals surface area contributed by atoms with Crippen LogP contribution in [0.5, 0.6) is 5.75 Å². The summed E-state index contributed by atoms with van der Waals surface area (Å²) in [6, 6.07) is 5.36. The average molecular weight is 360 g/mol. The van der Waals surface area contributed by atoms with E-state index in [9.17, 15) is 5.11 Å². The number of fused-ring (bicyclic) bond motifs is 1. The molecule has 5 rings (SSSR count). The van der Waals surface area contributed by atoms with E-state index in [1.807, 2.05) is 16.8 Å². The van der Waals surface area contributed by atoms with E-state index in [0.717, 1.165) is 49.1 Å². The van der Waals surface area contributed by atoms with E-state index in [0.29, 0.717) is 11.4 Å². The van der Waals surface area contributed by atoms with Gasteiger partial charge in [0.25, 0.3) is 0 Å². The van der Waals surface area contributed by atoms with Gasteiger partial charge in [0, 0.05) is 18.5 Å². The van der Waals surface area contributed by atoms with Gasteiger partial charge in [-0.2, -0.15) is 0 Å². The molecule has 7 nitrogen and oxygen atoms in total. The Hall–Kier alpha value is -3.06. The molecule has 7 heteroatoms. The number of phenolic OH excluding ortho intramolecular Hbond substituents is 1. The summed E-state index contributed by atoms with van der Waals surface area (Å²) in [6.45, 7) is 2.25. The normalized spacial score (nSPS) is 23.0. The first kappa shape index (κ1) is 16.1. The van der Waals surface area contributed by atoms with Gasteiger partial charge in [0.2, 0.25) is 0 Å². The highest BCUT2D eigenvalue weighted by Crippen LogP contribution is 2.38. The lowest BCUT2D eigenvalue weighted by Crippen LogP contribution is -2.09. The Morgan fingerprint density at radius 2 is 2.00 bits per heavy atom. The highest BCUT2D eigenvalue weighted by Gasteiger charge is 2.33. The zero-order valence-corrected chi connectivity index (χ0v) is 14.8. The maximum Gasteiger partial charge on any atom is 0.185 e. The quantitative estimate of drug-likeness (QED) is 0.746. The second kappa shape index (κ2) is 6.59. The van der Waals surface area contributed by atoms with Crippen LogP contribution in [-0.2, 0) is 0 Å². The summed E-state index contributed by atoms with van der Waals surface area (Å²) in [6.07, 6.45) is 11.3. The fourth-order valence-corrected chi connectivity index (χ4v) is 4.10. The molecule has 0 bridgehead atoms. The molecule has 1 aliphatic carbocycles. The molecule has 1 aromatic carbocycles. The van der Waals surface area contributed by atoms with E-state index in [2.05, 4.69) is 31.6 Å². The van der Waals surface area contributed by atoms with Crippen molar-refractivity contribution in [3.63, 3.8) is 0 Å². The molecule has 2 aromatic heterocycles. The molecule has 3 aromatic rings. The van der Waals surface area contributed by atoms with Gasteiger partial charge in [-0.25, -0.2) is 9.97 Å². The first-order valence-electron chi connectivity index (χ1n) is 9.18. The standard InChI is InChI=1S/C20H20N6O/c27-19-8-17(26-4-3-21-12-26)1-2-18(19)20-23-11-16(24-25-20)7-13-5-14-9-22-10-15(14)6-13/h1-4,7-8,11-12,14-15,22,27H,5-6,9-10H2/t14-,15+. The zero-order valence-electron chi connectivity index (χ0n) is 14.8. The van der Waals surface area contributed by atoms with Crippen LogP contribution in [0.4, 0.5) is 0 Å². The number of aromatic nitrogens is 5. The van der Waals surface area contributed by atoms with Crippen molar-refractivity contribution in [2.24, 2.45) is 11.8 Å². The molecule has 0 amide bonds. The van der Waals surface area contributed by atoms with Crippen LogP contribution in [0, 0.1) is 11.8 Å². The fraction of sp³-hybridized carbons (Fsp3) is 0.300. The molecule has 2 atom stereocenters. The Balaban J connectivity index is 1.36. The minimum Gasteiger partial charge on any atom is -0.507 e. The van der Waals surface area contributed by atoms with Gasteiger partial charge in [-0.15, -0.1) is 10.2 Å². The minimum absolute atomic E-state index is 0.116. The summed E-state index contributed by atoms with van der Waals surface area (Å²) in [5.74, 6) is 2.06. The van der Waals surface area contributed by atoms with E-state index < -0.39 is 0 Å². The van der Waals surface area contributed by atoms with Crippen LogP contribution in [0.25, 0.3) is 23.2 Å². The Morgan fingerprint density at radius 3 is 2.67 bits per heavy atom. The third-order valence-electron chi connectivity index (χ3n) is 5.48. The summed E-state index contributed by atoms with van der Waals surface area (Å²) in [5.41, 5.74) is 3.59. The van der Waals surface area contributed by atoms with Crippen LogP contribution >= 0.6 is 0 Å². The molecule has 27 heavy (non-hydrogen) atoms. The number of rotatable bonds is 3. The smallest absolute Gasteiger partial charge is 0.185 e. The van der Waals surface area contributed by atoms with Crippen molar-refractivity contribution >= 4 is 6.08 Å². The van der Waals surface area contributed by atoms with Crippen molar-refractivity contribution in [2.45, 2.75) is 12.8 Å². The minimum atomic E-state index is 0.116. The van der Waals surface area contributed by atoms with Crippen LogP contribution < -0.4 is 5.32 Å². The Labute approximate surface area is 156 Å². The highest BCUT2D eigenvalue weighted by atomic mass is 16.3. The number of hydrogen-bond donors (Lipinski definition) is 2. The van der Waals surface area contributed by atoms with Gasteiger partial charge < -0.3 is 15.0 Å². The summed E-state index contributed by atoms with van der Waals surface area (Å²) < 4.78 is 1.82. The Kier molecular flexibility index (Phi) is 3.94. The van der Waals surface area contributed by atoms with Crippen LogP contribution in [0.3, 0.4) is 0 Å². The van der Waals surface area contributed by atoms with Crippen LogP contribution in [-0.4, -0.2) is 42.9 Å². The summed E-state index contributed by atoms with van der Waals surface area (Å²) in [5, 5.41) is 22.3. The van der Waals surface area contributed by atoms with Gasteiger partial charge in [0.1, 0.15) is 11.4 Å². The van der Waals surface area contributed by atoms with Crippen LogP contribution in [0.2, 0.25) is 0 Å². The van der Waals surface area contributed by atoms with Crippen molar-refractivity contribution < 1.29 is 5.11 Å². The largest absolute Gasteiger partial charge is 0.507 e. The van der Waals surface area contributed by atoms with E-state index in [-0.39, 0.29) is 5.75 Å². The first-order chi connectivity index (χ1) is 13.3. The van der Waals surface area contributed by atoms with Crippen LogP contribution in [0.1, 0.15) is 18.5 Å². The van der Waals surface area contributed by atoms with Gasteiger partial charge in [-0.3, -0.25) is 0 Å². The third kappa shape index (κ3) is 3.10. The molecule has 0 unspecified atom stereocenters. The van der Waals surface area contributed by atoms with Crippen molar-refractivity contribution in [1.82, 2.24) is 30.0 Å². The van der Waals surface area contributed by atoms with Gasteiger partial charge >= 0.3 is 0 Å². The maximum absolute atomic E-state index is 10.4. The maximum atomic E-state index is 10.4. The lowest BCUT2D eigenvalue weighted by molar-refractivity contribution is 0.476. The summed E-state index contributed by atoms with van der Waals surface area (Å²) >= 11 is 0. The number of hydrogen-bond acceptors (Lipinski definition) is 6. The van der Waals surface area contributed by atoms with Gasteiger partial charge in [-0.1, -0.05) is 5.57 Å². The number of allylic oxidation sites excluding steroid dienone is 1. The van der Waals surface area contributed by atoms with E-state index >= 15 is 0 Å². The van der Waals surface area contributed by atoms with Gasteiger partial charge in [-0.05, 0) is 56.0 Å². The summed E-state index contributed by atoms with van der Waals surface area (Å²) in [4.78, 5) is 8.42. The molecule has 1 saturated heterocycles. The molecule has 1 aliphatic heterocycles. The highest BCUT2D eigenvalue weighted by molar-refractivity contribution is 5.66. The molecular weight excluding hydrogens is 340 g/mol. The van der Waals surface area contributed by atoms with E-state index in [1.54, 1.807) is 30.9 Å². The molecule has 0 radical (unpaired) electrons. The van der Waals surface area contributed by atoms with E-state index in [1.165, 1.54) is 5.57 Å². The molecule has 2 N–H and O–H groups in total. The monoisotopic (exact) mass is 360 g/mol. The lowest BCUT2D eigenvalue weighted by atomic mass is 10.0. The number of benzene rings is 1. The number of imidazole rings is 1. The number of phenols is 1. The molecule has 2 fully saturated rings. The second-order valence-electron chi connectivity index (χ2n) is 7.27. The number of aromatic hydroxyl groups is 1. The zero-order chi connectivity index (χ0) is 18.2. The lowest BCUT2D eigenvalue weighted by Gasteiger charge is -2.07. The van der Waals surface area contributed by atoms with Crippen molar-refractivity contribution in [3.05, 3.63) is 54.4 Å². The van der Waals surface area contributed by atoms with Crippen LogP contribution in [0.15, 0.2) is 48.7 Å². The molecule has 136 valence electrons. The fourth-order valence-electron chi connectivity index (χ4n) is 4.10. The first-order valence-corrected chi connectivity index (χ1v) is 9.18. The predicted octanol–water partition coefficient (Wildman–Crippen LogP) is 2.44. The Bertz CT molecular complexity index is 966. The van der Waals surface area contributed by atoms with Crippen molar-refractivity contribution in [2.75, 3.05) is 13.1 Å². The number of nitrogens with zero attached hydrogens (tertiary/aromatic N) is 5. The SMILES string of the molecule is Oc1cc(-n2ccnc2)ccc1-c1ncc(C=C2C[C@H]3CNC[C@H]3C2)nn1. The summed E-state index contributed by atoms with van der Waals surface area (Å²) in [7, 11) is 0. The predicted molar refractivity (Wildman–Crippen MR) is 101 cm³/mol. The number of nitrogens with one attached hydrogen (secondary N) is 1. The molecular formula is C20H20N6O. The van der Waals surface area contributed by atoms with E-state index in [4.69, 9.17) is 0 Å². The molecule has 0 spiro atoms. The van der Waals surface area contributed by atoms with Gasteiger partial charge in [0.05, 0.1) is 23.8 Å². The topological polar surface area (TPSA) is 88.8 Å². The third-order valence-corrected chi connectivity index (χ3v) is 5.48. The molecule has 1 saturated carbocycles. The van der Waals surface area contributed by atoms with Crippen molar-refractivity contribution in [3.8, 4) is 22.8 Å². The average Bonchev–Trinajstić information content (AvgIpc) is 3.40. The van der Waals surface area contributed by atoms with Gasteiger partial charge in [0.15, 0.2) is 5.82 Å². The Morgan fingerprint density at radius 1 is 1.15 bits per heavy atom.